The molecule has 0 aromatic carbocycles. The summed E-state index contributed by atoms with van der Waals surface area (Å²) in [6.07, 6.45) is 5.45. The molecule has 2 aliphatic rings. The lowest BCUT2D eigenvalue weighted by atomic mass is 9.56. The molecule has 2 fully saturated rings. The average molecular weight is 211 g/mol. The maximum absolute atomic E-state index is 5.62. The Morgan fingerprint density at radius 1 is 1.27 bits per heavy atom. The summed E-state index contributed by atoms with van der Waals surface area (Å²) in [6.45, 7) is 8.05. The standard InChI is InChI=1S/C13H25NO/c1-12(2)11(9-13(12,3)15-4)14-8-7-10-5-6-10/h10-11,14H,5-9H2,1-4H3. The van der Waals surface area contributed by atoms with Gasteiger partial charge in [-0.25, -0.2) is 0 Å². The summed E-state index contributed by atoms with van der Waals surface area (Å²) in [5.74, 6) is 1.04. The van der Waals surface area contributed by atoms with Crippen LogP contribution in [0.2, 0.25) is 0 Å². The second-order valence-electron chi connectivity index (χ2n) is 6.10. The van der Waals surface area contributed by atoms with Crippen molar-refractivity contribution in [3.8, 4) is 0 Å². The molecular weight excluding hydrogens is 186 g/mol. The van der Waals surface area contributed by atoms with E-state index in [-0.39, 0.29) is 11.0 Å². The summed E-state index contributed by atoms with van der Waals surface area (Å²) in [6, 6.07) is 0.640. The number of hydrogen-bond donors (Lipinski definition) is 1. The van der Waals surface area contributed by atoms with Crippen molar-refractivity contribution in [1.29, 1.82) is 0 Å². The molecule has 15 heavy (non-hydrogen) atoms. The molecule has 0 bridgehead atoms. The molecule has 0 spiro atoms. The summed E-state index contributed by atoms with van der Waals surface area (Å²) < 4.78 is 5.62. The Kier molecular flexibility index (Phi) is 2.85. The number of nitrogens with one attached hydrogen (secondary N) is 1. The van der Waals surface area contributed by atoms with E-state index >= 15 is 0 Å². The Morgan fingerprint density at radius 3 is 2.40 bits per heavy atom. The number of hydrogen-bond acceptors (Lipinski definition) is 2. The van der Waals surface area contributed by atoms with Crippen LogP contribution in [-0.4, -0.2) is 25.3 Å². The minimum absolute atomic E-state index is 0.0737. The lowest BCUT2D eigenvalue weighted by Gasteiger charge is -2.59. The van der Waals surface area contributed by atoms with Crippen LogP contribution in [0.3, 0.4) is 0 Å². The summed E-state index contributed by atoms with van der Waals surface area (Å²) in [5, 5.41) is 3.69. The monoisotopic (exact) mass is 211 g/mol. The Morgan fingerprint density at radius 2 is 1.93 bits per heavy atom. The average Bonchev–Trinajstić information content (AvgIpc) is 3.00. The van der Waals surface area contributed by atoms with E-state index in [9.17, 15) is 0 Å². The summed E-state index contributed by atoms with van der Waals surface area (Å²) in [5.41, 5.74) is 0.343. The molecule has 0 amide bonds. The maximum Gasteiger partial charge on any atom is 0.0731 e. The van der Waals surface area contributed by atoms with Crippen molar-refractivity contribution in [3.05, 3.63) is 0 Å². The van der Waals surface area contributed by atoms with Gasteiger partial charge in [-0.15, -0.1) is 0 Å². The molecule has 0 aromatic heterocycles. The van der Waals surface area contributed by atoms with Crippen LogP contribution in [0.5, 0.6) is 0 Å². The van der Waals surface area contributed by atoms with Crippen LogP contribution in [0.1, 0.15) is 46.5 Å². The first kappa shape index (κ1) is 11.4. The molecule has 0 aliphatic heterocycles. The van der Waals surface area contributed by atoms with Crippen molar-refractivity contribution < 1.29 is 4.74 Å². The fourth-order valence-electron chi connectivity index (χ4n) is 2.69. The Bertz CT molecular complexity index is 235. The summed E-state index contributed by atoms with van der Waals surface area (Å²) >= 11 is 0. The number of ether oxygens (including phenoxy) is 1. The Balaban J connectivity index is 1.75. The molecule has 2 atom stereocenters. The van der Waals surface area contributed by atoms with Gasteiger partial charge >= 0.3 is 0 Å². The first-order valence-electron chi connectivity index (χ1n) is 6.28. The smallest absolute Gasteiger partial charge is 0.0731 e. The lowest BCUT2D eigenvalue weighted by Crippen LogP contribution is -2.67. The highest BCUT2D eigenvalue weighted by Crippen LogP contribution is 2.51. The van der Waals surface area contributed by atoms with E-state index < -0.39 is 0 Å². The molecular formula is C13H25NO. The second-order valence-corrected chi connectivity index (χ2v) is 6.10. The van der Waals surface area contributed by atoms with Gasteiger partial charge in [0.2, 0.25) is 0 Å². The van der Waals surface area contributed by atoms with Gasteiger partial charge in [-0.1, -0.05) is 26.7 Å². The zero-order valence-electron chi connectivity index (χ0n) is 10.6. The van der Waals surface area contributed by atoms with Crippen LogP contribution in [0.4, 0.5) is 0 Å². The van der Waals surface area contributed by atoms with Crippen LogP contribution in [-0.2, 0) is 4.74 Å². The van der Waals surface area contributed by atoms with Crippen LogP contribution in [0.25, 0.3) is 0 Å². The first-order chi connectivity index (χ1) is 6.99. The minimum Gasteiger partial charge on any atom is -0.378 e. The quantitative estimate of drug-likeness (QED) is 0.754. The van der Waals surface area contributed by atoms with Gasteiger partial charge in [0.25, 0.3) is 0 Å². The highest BCUT2D eigenvalue weighted by atomic mass is 16.5. The van der Waals surface area contributed by atoms with E-state index in [1.807, 2.05) is 7.11 Å². The molecule has 2 nitrogen and oxygen atoms in total. The molecule has 1 N–H and O–H groups in total. The van der Waals surface area contributed by atoms with Gasteiger partial charge in [-0.3, -0.25) is 0 Å². The third-order valence-electron chi connectivity index (χ3n) is 4.92. The van der Waals surface area contributed by atoms with E-state index in [2.05, 4.69) is 26.1 Å². The summed E-state index contributed by atoms with van der Waals surface area (Å²) in [4.78, 5) is 0. The van der Waals surface area contributed by atoms with E-state index in [0.29, 0.717) is 6.04 Å². The van der Waals surface area contributed by atoms with Crippen molar-refractivity contribution in [1.82, 2.24) is 5.32 Å². The van der Waals surface area contributed by atoms with Crippen LogP contribution < -0.4 is 5.32 Å². The van der Waals surface area contributed by atoms with Gasteiger partial charge in [0.15, 0.2) is 0 Å². The topological polar surface area (TPSA) is 21.3 Å². The van der Waals surface area contributed by atoms with Gasteiger partial charge in [-0.05, 0) is 32.2 Å². The van der Waals surface area contributed by atoms with E-state index in [0.717, 1.165) is 12.3 Å². The SMILES string of the molecule is COC1(C)CC(NCCC2CC2)C1(C)C. The molecule has 0 aromatic rings. The van der Waals surface area contributed by atoms with Gasteiger partial charge in [0.1, 0.15) is 0 Å². The number of methoxy groups -OCH3 is 1. The minimum atomic E-state index is 0.0737. The van der Waals surface area contributed by atoms with Gasteiger partial charge in [0.05, 0.1) is 5.60 Å². The maximum atomic E-state index is 5.62. The van der Waals surface area contributed by atoms with Gasteiger partial charge in [-0.2, -0.15) is 0 Å². The lowest BCUT2D eigenvalue weighted by molar-refractivity contribution is -0.180. The van der Waals surface area contributed by atoms with Gasteiger partial charge in [0, 0.05) is 18.6 Å². The molecule has 2 saturated carbocycles. The summed E-state index contributed by atoms with van der Waals surface area (Å²) in [7, 11) is 1.84. The molecule has 0 saturated heterocycles. The largest absolute Gasteiger partial charge is 0.378 e. The van der Waals surface area contributed by atoms with Crippen molar-refractivity contribution in [3.63, 3.8) is 0 Å². The number of rotatable bonds is 5. The molecule has 2 heteroatoms. The van der Waals surface area contributed by atoms with Crippen LogP contribution in [0, 0.1) is 11.3 Å². The van der Waals surface area contributed by atoms with E-state index in [1.165, 1.54) is 25.8 Å². The molecule has 2 aliphatic carbocycles. The first-order valence-corrected chi connectivity index (χ1v) is 6.28. The van der Waals surface area contributed by atoms with Gasteiger partial charge < -0.3 is 10.1 Å². The van der Waals surface area contributed by atoms with Crippen LogP contribution >= 0.6 is 0 Å². The van der Waals surface area contributed by atoms with Crippen LogP contribution in [0.15, 0.2) is 0 Å². The van der Waals surface area contributed by atoms with Crippen molar-refractivity contribution in [2.75, 3.05) is 13.7 Å². The highest BCUT2D eigenvalue weighted by Gasteiger charge is 2.57. The Hall–Kier alpha value is -0.0800. The predicted molar refractivity (Wildman–Crippen MR) is 62.9 cm³/mol. The molecule has 2 rings (SSSR count). The zero-order chi connectivity index (χ0) is 11.1. The Labute approximate surface area is 93.8 Å². The zero-order valence-corrected chi connectivity index (χ0v) is 10.6. The normalized spacial score (nSPS) is 38.8. The van der Waals surface area contributed by atoms with E-state index in [4.69, 9.17) is 4.74 Å². The van der Waals surface area contributed by atoms with Crippen molar-refractivity contribution in [2.45, 2.75) is 58.1 Å². The van der Waals surface area contributed by atoms with Crippen molar-refractivity contribution in [2.24, 2.45) is 11.3 Å². The third kappa shape index (κ3) is 1.94. The highest BCUT2D eigenvalue weighted by molar-refractivity contribution is 5.11. The molecule has 0 radical (unpaired) electrons. The molecule has 2 unspecified atom stereocenters. The molecule has 88 valence electrons. The predicted octanol–water partition coefficient (Wildman–Crippen LogP) is 2.58. The fourth-order valence-corrected chi connectivity index (χ4v) is 2.69. The second kappa shape index (κ2) is 3.74. The third-order valence-corrected chi connectivity index (χ3v) is 4.92. The van der Waals surface area contributed by atoms with Crippen molar-refractivity contribution >= 4 is 0 Å². The molecule has 0 heterocycles. The fraction of sp³-hybridized carbons (Fsp3) is 1.00. The van der Waals surface area contributed by atoms with E-state index in [1.54, 1.807) is 0 Å².